The second-order valence-electron chi connectivity index (χ2n) is 10.5. The zero-order valence-electron chi connectivity index (χ0n) is 23.2. The minimum absolute atomic E-state index is 0.0129. The molecule has 2 aromatic rings. The number of esters is 1. The number of amides is 2. The van der Waals surface area contributed by atoms with E-state index in [1.807, 2.05) is 60.7 Å². The molecule has 0 saturated carbocycles. The van der Waals surface area contributed by atoms with Crippen LogP contribution in [0.4, 0.5) is 4.79 Å². The first-order chi connectivity index (χ1) is 18.5. The van der Waals surface area contributed by atoms with Crippen molar-refractivity contribution in [3.63, 3.8) is 0 Å². The zero-order valence-corrected chi connectivity index (χ0v) is 23.2. The maximum absolute atomic E-state index is 13.3. The standard InChI is InChI=1S/C29H42N4O6/c1-29(2,3)25(26(34)33-4)27(35)38-21(16-22(31)20-13-9-6-10-14-20)18-37-24(17-30)23(39-28(32)36)15-19-11-7-5-8-12-19/h5-14,21-25H,15-18,30-31H2,1-4H3,(H2,32,36)(H,33,34). The van der Waals surface area contributed by atoms with Crippen molar-refractivity contribution in [2.75, 3.05) is 20.2 Å². The van der Waals surface area contributed by atoms with Crippen LogP contribution in [0.2, 0.25) is 0 Å². The largest absolute Gasteiger partial charge is 0.459 e. The minimum atomic E-state index is -1.05. The Hall–Kier alpha value is -3.47. The van der Waals surface area contributed by atoms with E-state index in [2.05, 4.69) is 5.32 Å². The lowest BCUT2D eigenvalue weighted by atomic mass is 9.80. The summed E-state index contributed by atoms with van der Waals surface area (Å²) in [5.74, 6) is -2.18. The van der Waals surface area contributed by atoms with Gasteiger partial charge in [-0.25, -0.2) is 4.79 Å². The average molecular weight is 543 g/mol. The number of nitrogens with two attached hydrogens (primary N) is 3. The fraction of sp³-hybridized carbons (Fsp3) is 0.483. The number of primary amides is 1. The highest BCUT2D eigenvalue weighted by Crippen LogP contribution is 2.29. The quantitative estimate of drug-likeness (QED) is 0.208. The topological polar surface area (TPSA) is 169 Å². The van der Waals surface area contributed by atoms with Gasteiger partial charge in [0.15, 0.2) is 0 Å². The van der Waals surface area contributed by atoms with Crippen LogP contribution in [-0.4, -0.2) is 56.5 Å². The second kappa shape index (κ2) is 15.2. The SMILES string of the molecule is CNC(=O)C(C(=O)OC(COC(CN)C(Cc1ccccc1)OC(N)=O)CC(N)c1ccccc1)C(C)(C)C. The number of carbonyl (C=O) groups excluding carboxylic acids is 3. The first-order valence-corrected chi connectivity index (χ1v) is 13.0. The highest BCUT2D eigenvalue weighted by atomic mass is 16.6. The van der Waals surface area contributed by atoms with Crippen LogP contribution >= 0.6 is 0 Å². The van der Waals surface area contributed by atoms with E-state index in [1.54, 1.807) is 20.8 Å². The van der Waals surface area contributed by atoms with E-state index >= 15 is 0 Å². The third kappa shape index (κ3) is 10.3. The van der Waals surface area contributed by atoms with Crippen LogP contribution in [0.15, 0.2) is 60.7 Å². The van der Waals surface area contributed by atoms with E-state index in [-0.39, 0.29) is 19.6 Å². The summed E-state index contributed by atoms with van der Waals surface area (Å²) in [5.41, 5.74) is 18.8. The summed E-state index contributed by atoms with van der Waals surface area (Å²) in [6.07, 6.45) is -2.75. The Bertz CT molecular complexity index is 1040. The molecule has 5 unspecified atom stereocenters. The monoisotopic (exact) mass is 542 g/mol. The number of rotatable bonds is 14. The molecule has 10 nitrogen and oxygen atoms in total. The first kappa shape index (κ1) is 31.7. The molecule has 0 aromatic heterocycles. The molecule has 39 heavy (non-hydrogen) atoms. The second-order valence-corrected chi connectivity index (χ2v) is 10.5. The van der Waals surface area contributed by atoms with E-state index in [0.717, 1.165) is 11.1 Å². The molecule has 0 radical (unpaired) electrons. The van der Waals surface area contributed by atoms with Gasteiger partial charge < -0.3 is 36.7 Å². The maximum Gasteiger partial charge on any atom is 0.404 e. The lowest BCUT2D eigenvalue weighted by molar-refractivity contribution is -0.167. The van der Waals surface area contributed by atoms with Crippen LogP contribution in [0.1, 0.15) is 44.4 Å². The number of hydrogen-bond donors (Lipinski definition) is 4. The predicted molar refractivity (Wildman–Crippen MR) is 148 cm³/mol. The molecule has 10 heteroatoms. The normalized spacial score (nSPS) is 15.3. The lowest BCUT2D eigenvalue weighted by Gasteiger charge is -2.31. The van der Waals surface area contributed by atoms with E-state index in [1.165, 1.54) is 7.05 Å². The van der Waals surface area contributed by atoms with E-state index in [9.17, 15) is 14.4 Å². The van der Waals surface area contributed by atoms with Gasteiger partial charge in [-0.1, -0.05) is 81.4 Å². The van der Waals surface area contributed by atoms with E-state index < -0.39 is 53.7 Å². The van der Waals surface area contributed by atoms with Gasteiger partial charge in [-0.15, -0.1) is 0 Å². The fourth-order valence-electron chi connectivity index (χ4n) is 4.30. The predicted octanol–water partition coefficient (Wildman–Crippen LogP) is 2.45. The summed E-state index contributed by atoms with van der Waals surface area (Å²) in [7, 11) is 1.47. The van der Waals surface area contributed by atoms with Crippen molar-refractivity contribution in [3.8, 4) is 0 Å². The number of ether oxygens (including phenoxy) is 3. The van der Waals surface area contributed by atoms with Crippen molar-refractivity contribution < 1.29 is 28.6 Å². The summed E-state index contributed by atoms with van der Waals surface area (Å²) in [6, 6.07) is 18.3. The van der Waals surface area contributed by atoms with Crippen molar-refractivity contribution in [2.24, 2.45) is 28.5 Å². The van der Waals surface area contributed by atoms with Gasteiger partial charge in [0.05, 0.1) is 6.61 Å². The molecule has 2 aromatic carbocycles. The van der Waals surface area contributed by atoms with Crippen LogP contribution in [0, 0.1) is 11.3 Å². The Morgan fingerprint density at radius 3 is 2.03 bits per heavy atom. The number of hydrogen-bond acceptors (Lipinski definition) is 8. The smallest absolute Gasteiger partial charge is 0.404 e. The molecule has 5 atom stereocenters. The Morgan fingerprint density at radius 1 is 0.923 bits per heavy atom. The summed E-state index contributed by atoms with van der Waals surface area (Å²) in [5, 5.41) is 2.54. The van der Waals surface area contributed by atoms with E-state index in [4.69, 9.17) is 31.4 Å². The summed E-state index contributed by atoms with van der Waals surface area (Å²) >= 11 is 0. The van der Waals surface area contributed by atoms with Gasteiger partial charge in [-0.3, -0.25) is 9.59 Å². The lowest BCUT2D eigenvalue weighted by Crippen LogP contribution is -2.45. The van der Waals surface area contributed by atoms with Crippen LogP contribution in [0.3, 0.4) is 0 Å². The third-order valence-electron chi connectivity index (χ3n) is 6.33. The molecule has 214 valence electrons. The molecule has 0 aliphatic carbocycles. The van der Waals surface area contributed by atoms with Gasteiger partial charge in [0.1, 0.15) is 24.2 Å². The van der Waals surface area contributed by atoms with Gasteiger partial charge >= 0.3 is 12.1 Å². The van der Waals surface area contributed by atoms with Gasteiger partial charge in [0, 0.05) is 32.5 Å². The number of benzene rings is 2. The van der Waals surface area contributed by atoms with Crippen LogP contribution in [0.5, 0.6) is 0 Å². The third-order valence-corrected chi connectivity index (χ3v) is 6.33. The van der Waals surface area contributed by atoms with Crippen molar-refractivity contribution >= 4 is 18.0 Å². The Balaban J connectivity index is 2.26. The highest BCUT2D eigenvalue weighted by molar-refractivity contribution is 5.98. The van der Waals surface area contributed by atoms with Crippen LogP contribution in [0.25, 0.3) is 0 Å². The highest BCUT2D eigenvalue weighted by Gasteiger charge is 2.40. The Morgan fingerprint density at radius 2 is 1.51 bits per heavy atom. The molecule has 2 rings (SSSR count). The zero-order chi connectivity index (χ0) is 29.0. The van der Waals surface area contributed by atoms with Crippen LogP contribution < -0.4 is 22.5 Å². The molecule has 0 saturated heterocycles. The molecule has 0 spiro atoms. The molecule has 0 bridgehead atoms. The summed E-state index contributed by atoms with van der Waals surface area (Å²) in [4.78, 5) is 37.5. The molecular formula is C29H42N4O6. The molecule has 7 N–H and O–H groups in total. The maximum atomic E-state index is 13.3. The van der Waals surface area contributed by atoms with Gasteiger partial charge in [-0.05, 0) is 16.5 Å². The van der Waals surface area contributed by atoms with Crippen molar-refractivity contribution in [1.29, 1.82) is 0 Å². The fourth-order valence-corrected chi connectivity index (χ4v) is 4.30. The number of nitrogens with one attached hydrogen (secondary N) is 1. The first-order valence-electron chi connectivity index (χ1n) is 13.0. The number of carbonyl (C=O) groups is 3. The van der Waals surface area contributed by atoms with Crippen molar-refractivity contribution in [1.82, 2.24) is 5.32 Å². The molecule has 2 amide bonds. The van der Waals surface area contributed by atoms with Crippen molar-refractivity contribution in [3.05, 3.63) is 71.8 Å². The summed E-state index contributed by atoms with van der Waals surface area (Å²) < 4.78 is 17.3. The van der Waals surface area contributed by atoms with Gasteiger partial charge in [0.2, 0.25) is 5.91 Å². The average Bonchev–Trinajstić information content (AvgIpc) is 2.88. The molecule has 0 aliphatic rings. The molecule has 0 heterocycles. The Labute approximate surface area is 230 Å². The Kier molecular flexibility index (Phi) is 12.4. The molecule has 0 fully saturated rings. The van der Waals surface area contributed by atoms with Crippen molar-refractivity contribution in [2.45, 2.75) is 58.0 Å². The van der Waals surface area contributed by atoms with Crippen LogP contribution in [-0.2, 0) is 30.2 Å². The van der Waals surface area contributed by atoms with Gasteiger partial charge in [-0.2, -0.15) is 0 Å². The van der Waals surface area contributed by atoms with E-state index in [0.29, 0.717) is 6.42 Å². The van der Waals surface area contributed by atoms with Gasteiger partial charge in [0.25, 0.3) is 0 Å². The minimum Gasteiger partial charge on any atom is -0.459 e. The molecule has 0 aliphatic heterocycles. The molecular weight excluding hydrogens is 500 g/mol. The summed E-state index contributed by atoms with van der Waals surface area (Å²) in [6.45, 7) is 5.28.